The minimum Gasteiger partial charge on any atom is -0.339 e. The maximum atomic E-state index is 12.4. The number of nitrogens with zero attached hydrogens (tertiary/aromatic N) is 3. The van der Waals surface area contributed by atoms with Gasteiger partial charge in [0, 0.05) is 24.3 Å². The normalized spacial score (nSPS) is 19.1. The van der Waals surface area contributed by atoms with Crippen LogP contribution in [-0.2, 0) is 5.54 Å². The van der Waals surface area contributed by atoms with Gasteiger partial charge in [0.1, 0.15) is 10.7 Å². The number of carbonyl (C=O) groups excluding carboxylic acids is 1. The van der Waals surface area contributed by atoms with Gasteiger partial charge < -0.3 is 10.6 Å². The molecule has 0 spiro atoms. The molecule has 3 heterocycles. The Balaban J connectivity index is 1.69. The smallest absolute Gasteiger partial charge is 0.272 e. The molecule has 1 amide bonds. The van der Waals surface area contributed by atoms with Gasteiger partial charge in [0.2, 0.25) is 0 Å². The van der Waals surface area contributed by atoms with Crippen LogP contribution >= 0.6 is 11.3 Å². The van der Waals surface area contributed by atoms with Crippen molar-refractivity contribution in [1.82, 2.24) is 25.4 Å². The molecule has 1 unspecified atom stereocenters. The Hall–Kier alpha value is -1.73. The number of aromatic nitrogens is 3. The number of carbonyl (C=O) groups is 1. The lowest BCUT2D eigenvalue weighted by Crippen LogP contribution is -2.41. The van der Waals surface area contributed by atoms with E-state index in [1.807, 2.05) is 30.1 Å². The first-order chi connectivity index (χ1) is 10.6. The number of nitrogens with one attached hydrogen (secondary N) is 2. The summed E-state index contributed by atoms with van der Waals surface area (Å²) in [6.45, 7) is 5.87. The fourth-order valence-corrected chi connectivity index (χ4v) is 3.37. The second kappa shape index (κ2) is 6.18. The van der Waals surface area contributed by atoms with Crippen LogP contribution in [0.5, 0.6) is 0 Å². The van der Waals surface area contributed by atoms with Crippen LogP contribution in [0.3, 0.4) is 0 Å². The van der Waals surface area contributed by atoms with Crippen LogP contribution in [0.15, 0.2) is 23.8 Å². The highest BCUT2D eigenvalue weighted by atomic mass is 32.1. The molecule has 1 aliphatic rings. The minimum atomic E-state index is -0.499. The Bertz CT molecular complexity index is 628. The molecule has 0 radical (unpaired) electrons. The van der Waals surface area contributed by atoms with Gasteiger partial charge in [-0.2, -0.15) is 5.10 Å². The molecule has 0 saturated carbocycles. The standard InChI is InChI=1S/C15H21N5OS/c1-15(2,14-17-7-9-22-14)18-13(21)12-5-8-20(19-12)11-4-3-6-16-10-11/h5,7-9,11,16H,3-4,6,10H2,1-2H3,(H,18,21). The molecular weight excluding hydrogens is 298 g/mol. The Morgan fingerprint density at radius 2 is 2.41 bits per heavy atom. The van der Waals surface area contributed by atoms with Crippen LogP contribution in [0.1, 0.15) is 48.2 Å². The van der Waals surface area contributed by atoms with E-state index in [9.17, 15) is 4.79 Å². The minimum absolute atomic E-state index is 0.164. The summed E-state index contributed by atoms with van der Waals surface area (Å²) in [4.78, 5) is 16.7. The third kappa shape index (κ3) is 3.20. The molecule has 2 aromatic rings. The van der Waals surface area contributed by atoms with Crippen molar-refractivity contribution in [1.29, 1.82) is 0 Å². The van der Waals surface area contributed by atoms with E-state index in [1.165, 1.54) is 11.3 Å². The van der Waals surface area contributed by atoms with E-state index in [-0.39, 0.29) is 5.91 Å². The predicted molar refractivity (Wildman–Crippen MR) is 86.0 cm³/mol. The molecule has 0 bridgehead atoms. The van der Waals surface area contributed by atoms with Gasteiger partial charge in [0.15, 0.2) is 0 Å². The van der Waals surface area contributed by atoms with Gasteiger partial charge in [-0.1, -0.05) is 0 Å². The van der Waals surface area contributed by atoms with Crippen molar-refractivity contribution in [3.63, 3.8) is 0 Å². The lowest BCUT2D eigenvalue weighted by molar-refractivity contribution is 0.0905. The van der Waals surface area contributed by atoms with Crippen molar-refractivity contribution in [2.24, 2.45) is 0 Å². The zero-order valence-corrected chi connectivity index (χ0v) is 13.7. The number of amides is 1. The van der Waals surface area contributed by atoms with E-state index in [0.29, 0.717) is 11.7 Å². The molecule has 1 aliphatic heterocycles. The van der Waals surface area contributed by atoms with Crippen molar-refractivity contribution < 1.29 is 4.79 Å². The molecule has 118 valence electrons. The van der Waals surface area contributed by atoms with Crippen molar-refractivity contribution in [3.8, 4) is 0 Å². The quantitative estimate of drug-likeness (QED) is 0.903. The molecular formula is C15H21N5OS. The van der Waals surface area contributed by atoms with E-state index >= 15 is 0 Å². The Morgan fingerprint density at radius 3 is 3.09 bits per heavy atom. The van der Waals surface area contributed by atoms with E-state index < -0.39 is 5.54 Å². The topological polar surface area (TPSA) is 71.8 Å². The van der Waals surface area contributed by atoms with E-state index in [0.717, 1.165) is 30.9 Å². The summed E-state index contributed by atoms with van der Waals surface area (Å²) in [7, 11) is 0. The van der Waals surface area contributed by atoms with Crippen LogP contribution in [-0.4, -0.2) is 33.8 Å². The highest BCUT2D eigenvalue weighted by Gasteiger charge is 2.27. The molecule has 6 nitrogen and oxygen atoms in total. The molecule has 7 heteroatoms. The fraction of sp³-hybridized carbons (Fsp3) is 0.533. The Morgan fingerprint density at radius 1 is 1.55 bits per heavy atom. The van der Waals surface area contributed by atoms with Gasteiger partial charge in [-0.05, 0) is 39.3 Å². The number of piperidine rings is 1. The lowest BCUT2D eigenvalue weighted by Gasteiger charge is -2.24. The molecule has 1 saturated heterocycles. The van der Waals surface area contributed by atoms with Crippen LogP contribution in [0.2, 0.25) is 0 Å². The average Bonchev–Trinajstić information content (AvgIpc) is 3.20. The second-order valence-corrected chi connectivity index (χ2v) is 6.99. The molecule has 1 fully saturated rings. The van der Waals surface area contributed by atoms with Crippen molar-refractivity contribution in [2.75, 3.05) is 13.1 Å². The largest absolute Gasteiger partial charge is 0.339 e. The Kier molecular flexibility index (Phi) is 4.26. The molecule has 3 rings (SSSR count). The zero-order chi connectivity index (χ0) is 15.6. The lowest BCUT2D eigenvalue weighted by atomic mass is 10.1. The van der Waals surface area contributed by atoms with Gasteiger partial charge in [-0.15, -0.1) is 11.3 Å². The summed E-state index contributed by atoms with van der Waals surface area (Å²) in [5.74, 6) is -0.164. The summed E-state index contributed by atoms with van der Waals surface area (Å²) >= 11 is 1.54. The molecule has 2 N–H and O–H groups in total. The first-order valence-corrected chi connectivity index (χ1v) is 8.42. The second-order valence-electron chi connectivity index (χ2n) is 6.10. The molecule has 0 aromatic carbocycles. The zero-order valence-electron chi connectivity index (χ0n) is 12.9. The first-order valence-electron chi connectivity index (χ1n) is 7.54. The fourth-order valence-electron chi connectivity index (χ4n) is 2.66. The average molecular weight is 319 g/mol. The summed E-state index contributed by atoms with van der Waals surface area (Å²) in [5, 5.41) is 13.6. The van der Waals surface area contributed by atoms with E-state index in [2.05, 4.69) is 20.7 Å². The van der Waals surface area contributed by atoms with Crippen molar-refractivity contribution in [3.05, 3.63) is 34.5 Å². The number of rotatable bonds is 4. The van der Waals surface area contributed by atoms with Crippen LogP contribution in [0.4, 0.5) is 0 Å². The van der Waals surface area contributed by atoms with Gasteiger partial charge in [0.05, 0.1) is 11.6 Å². The highest BCUT2D eigenvalue weighted by molar-refractivity contribution is 7.09. The maximum Gasteiger partial charge on any atom is 0.272 e. The first kappa shape index (κ1) is 15.2. The van der Waals surface area contributed by atoms with Gasteiger partial charge in [-0.25, -0.2) is 4.98 Å². The maximum absolute atomic E-state index is 12.4. The van der Waals surface area contributed by atoms with Crippen LogP contribution in [0, 0.1) is 0 Å². The SMILES string of the molecule is CC(C)(NC(=O)c1ccn(C2CCCNC2)n1)c1nccs1. The third-order valence-corrected chi connectivity index (χ3v) is 4.98. The molecule has 22 heavy (non-hydrogen) atoms. The summed E-state index contributed by atoms with van der Waals surface area (Å²) in [6, 6.07) is 2.12. The number of hydrogen-bond donors (Lipinski definition) is 2. The van der Waals surface area contributed by atoms with E-state index in [4.69, 9.17) is 0 Å². The van der Waals surface area contributed by atoms with Gasteiger partial charge >= 0.3 is 0 Å². The predicted octanol–water partition coefficient (Wildman–Crippen LogP) is 1.93. The van der Waals surface area contributed by atoms with E-state index in [1.54, 1.807) is 12.3 Å². The van der Waals surface area contributed by atoms with Gasteiger partial charge in [0.25, 0.3) is 5.91 Å². The monoisotopic (exact) mass is 319 g/mol. The molecule has 1 atom stereocenters. The van der Waals surface area contributed by atoms with Gasteiger partial charge in [-0.3, -0.25) is 9.48 Å². The molecule has 0 aliphatic carbocycles. The number of hydrogen-bond acceptors (Lipinski definition) is 5. The summed E-state index contributed by atoms with van der Waals surface area (Å²) < 4.78 is 1.90. The van der Waals surface area contributed by atoms with Crippen molar-refractivity contribution >= 4 is 17.2 Å². The molecule has 2 aromatic heterocycles. The van der Waals surface area contributed by atoms with Crippen LogP contribution in [0.25, 0.3) is 0 Å². The highest BCUT2D eigenvalue weighted by Crippen LogP contribution is 2.22. The van der Waals surface area contributed by atoms with Crippen molar-refractivity contribution in [2.45, 2.75) is 38.3 Å². The summed E-state index contributed by atoms with van der Waals surface area (Å²) in [6.07, 6.45) is 5.88. The van der Waals surface area contributed by atoms with Crippen LogP contribution < -0.4 is 10.6 Å². The Labute approximate surface area is 133 Å². The third-order valence-electron chi connectivity index (χ3n) is 3.88. The number of thiazole rings is 1. The summed E-state index contributed by atoms with van der Waals surface area (Å²) in [5.41, 5.74) is -0.0447.